The molecular formula is C8H8BNO3. The zero-order valence-electron chi connectivity index (χ0n) is 6.84. The monoisotopic (exact) mass is 177 g/mol. The Kier molecular flexibility index (Phi) is 2.04. The molecule has 0 aliphatic carbocycles. The molecule has 1 aliphatic heterocycles. The van der Waals surface area contributed by atoms with E-state index in [2.05, 4.69) is 4.99 Å². The minimum Gasteiger partial charge on any atom is -0.486 e. The van der Waals surface area contributed by atoms with Crippen molar-refractivity contribution in [1.82, 2.24) is 0 Å². The second-order valence-corrected chi connectivity index (χ2v) is 2.72. The summed E-state index contributed by atoms with van der Waals surface area (Å²) in [7, 11) is -1.46. The van der Waals surface area contributed by atoms with Crippen LogP contribution in [0, 0.1) is 0 Å². The van der Waals surface area contributed by atoms with E-state index in [1.165, 1.54) is 0 Å². The second-order valence-electron chi connectivity index (χ2n) is 2.72. The second kappa shape index (κ2) is 3.20. The van der Waals surface area contributed by atoms with Crippen molar-refractivity contribution >= 4 is 24.5 Å². The third kappa shape index (κ3) is 1.56. The van der Waals surface area contributed by atoms with E-state index in [1.54, 1.807) is 24.4 Å². The molecule has 1 aromatic carbocycles. The van der Waals surface area contributed by atoms with Gasteiger partial charge in [0, 0.05) is 6.21 Å². The molecule has 2 rings (SSSR count). The van der Waals surface area contributed by atoms with Crippen molar-refractivity contribution in [1.29, 1.82) is 0 Å². The van der Waals surface area contributed by atoms with Gasteiger partial charge in [-0.15, -0.1) is 0 Å². The van der Waals surface area contributed by atoms with E-state index in [0.29, 0.717) is 23.5 Å². The van der Waals surface area contributed by atoms with E-state index < -0.39 is 7.12 Å². The number of nitrogens with zero attached hydrogens (tertiary/aromatic N) is 1. The number of aliphatic imine (C=N–C) groups is 1. The first-order valence-electron chi connectivity index (χ1n) is 3.93. The number of ether oxygens (including phenoxy) is 1. The van der Waals surface area contributed by atoms with Gasteiger partial charge in [-0.05, 0) is 17.6 Å². The quantitative estimate of drug-likeness (QED) is 0.566. The average Bonchev–Trinajstić information content (AvgIpc) is 2.17. The Morgan fingerprint density at radius 1 is 1.38 bits per heavy atom. The standard InChI is InChI=1S/C8H8BNO3/c11-9(12)6-1-2-8-7(5-6)10-3-4-13-8/h1-3,5,11-12H,4H2. The highest BCUT2D eigenvalue weighted by atomic mass is 16.5. The maximum Gasteiger partial charge on any atom is 0.488 e. The summed E-state index contributed by atoms with van der Waals surface area (Å²) in [5, 5.41) is 17.8. The van der Waals surface area contributed by atoms with E-state index >= 15 is 0 Å². The lowest BCUT2D eigenvalue weighted by atomic mass is 9.80. The van der Waals surface area contributed by atoms with Crippen LogP contribution in [0.4, 0.5) is 5.69 Å². The van der Waals surface area contributed by atoms with E-state index in [-0.39, 0.29) is 0 Å². The van der Waals surface area contributed by atoms with Gasteiger partial charge < -0.3 is 14.8 Å². The van der Waals surface area contributed by atoms with Crippen molar-refractivity contribution in [2.75, 3.05) is 6.61 Å². The van der Waals surface area contributed by atoms with Crippen molar-refractivity contribution in [3.8, 4) is 5.75 Å². The summed E-state index contributed by atoms with van der Waals surface area (Å²) in [5.74, 6) is 0.673. The van der Waals surface area contributed by atoms with Crippen molar-refractivity contribution in [2.24, 2.45) is 4.99 Å². The maximum atomic E-state index is 8.89. The lowest BCUT2D eigenvalue weighted by molar-refractivity contribution is 0.377. The zero-order chi connectivity index (χ0) is 9.26. The van der Waals surface area contributed by atoms with Crippen molar-refractivity contribution < 1.29 is 14.8 Å². The van der Waals surface area contributed by atoms with E-state index in [1.807, 2.05) is 0 Å². The Hall–Kier alpha value is -1.33. The summed E-state index contributed by atoms with van der Waals surface area (Å²) in [4.78, 5) is 4.06. The Balaban J connectivity index is 2.43. The topological polar surface area (TPSA) is 62.0 Å². The lowest BCUT2D eigenvalue weighted by Gasteiger charge is -2.12. The van der Waals surface area contributed by atoms with Crippen molar-refractivity contribution in [3.05, 3.63) is 18.2 Å². The average molecular weight is 177 g/mol. The first-order valence-corrected chi connectivity index (χ1v) is 3.93. The minimum absolute atomic E-state index is 0.418. The molecule has 2 N–H and O–H groups in total. The van der Waals surface area contributed by atoms with Gasteiger partial charge in [-0.25, -0.2) is 0 Å². The summed E-state index contributed by atoms with van der Waals surface area (Å²) in [5.41, 5.74) is 1.05. The van der Waals surface area contributed by atoms with Crippen LogP contribution >= 0.6 is 0 Å². The Morgan fingerprint density at radius 3 is 3.00 bits per heavy atom. The molecule has 0 aromatic heterocycles. The van der Waals surface area contributed by atoms with Gasteiger partial charge in [-0.1, -0.05) is 6.07 Å². The molecule has 0 radical (unpaired) electrons. The summed E-state index contributed by atoms with van der Waals surface area (Å²) in [6, 6.07) is 4.88. The molecule has 66 valence electrons. The normalized spacial score (nSPS) is 13.4. The van der Waals surface area contributed by atoms with Crippen LogP contribution in [0.15, 0.2) is 23.2 Å². The Bertz CT molecular complexity index is 351. The first-order chi connectivity index (χ1) is 6.27. The molecule has 0 amide bonds. The Morgan fingerprint density at radius 2 is 2.23 bits per heavy atom. The maximum absolute atomic E-state index is 8.89. The molecule has 0 spiro atoms. The fraction of sp³-hybridized carbons (Fsp3) is 0.125. The molecule has 1 aliphatic rings. The molecule has 13 heavy (non-hydrogen) atoms. The highest BCUT2D eigenvalue weighted by Crippen LogP contribution is 2.27. The smallest absolute Gasteiger partial charge is 0.486 e. The van der Waals surface area contributed by atoms with Gasteiger partial charge in [-0.3, -0.25) is 4.99 Å². The van der Waals surface area contributed by atoms with Crippen LogP contribution < -0.4 is 10.2 Å². The molecule has 1 aromatic rings. The SMILES string of the molecule is OB(O)c1ccc2c(c1)N=CCO2. The summed E-state index contributed by atoms with van der Waals surface area (Å²) in [6.07, 6.45) is 1.63. The third-order valence-corrected chi connectivity index (χ3v) is 1.82. The molecule has 0 saturated carbocycles. The van der Waals surface area contributed by atoms with Gasteiger partial charge in [0.25, 0.3) is 0 Å². The zero-order valence-corrected chi connectivity index (χ0v) is 6.84. The molecular weight excluding hydrogens is 169 g/mol. The first kappa shape index (κ1) is 8.28. The molecule has 0 bridgehead atoms. The highest BCUT2D eigenvalue weighted by molar-refractivity contribution is 6.58. The van der Waals surface area contributed by atoms with Crippen LogP contribution in [-0.2, 0) is 0 Å². The van der Waals surface area contributed by atoms with E-state index in [0.717, 1.165) is 0 Å². The van der Waals surface area contributed by atoms with Crippen LogP contribution in [0.1, 0.15) is 0 Å². The molecule has 0 fully saturated rings. The molecule has 5 heteroatoms. The predicted octanol–water partition coefficient (Wildman–Crippen LogP) is -0.539. The van der Waals surface area contributed by atoms with Crippen LogP contribution in [0.5, 0.6) is 5.75 Å². The number of benzene rings is 1. The largest absolute Gasteiger partial charge is 0.488 e. The fourth-order valence-corrected chi connectivity index (χ4v) is 1.18. The van der Waals surface area contributed by atoms with Crippen LogP contribution in [0.3, 0.4) is 0 Å². The van der Waals surface area contributed by atoms with Gasteiger partial charge in [0.2, 0.25) is 0 Å². The number of rotatable bonds is 1. The molecule has 1 heterocycles. The molecule has 0 saturated heterocycles. The van der Waals surface area contributed by atoms with Crippen molar-refractivity contribution in [2.45, 2.75) is 0 Å². The predicted molar refractivity (Wildman–Crippen MR) is 49.9 cm³/mol. The number of fused-ring (bicyclic) bond motifs is 1. The van der Waals surface area contributed by atoms with Gasteiger partial charge in [0.1, 0.15) is 18.0 Å². The van der Waals surface area contributed by atoms with E-state index in [4.69, 9.17) is 14.8 Å². The Labute approximate surface area is 75.6 Å². The fourth-order valence-electron chi connectivity index (χ4n) is 1.18. The third-order valence-electron chi connectivity index (χ3n) is 1.82. The van der Waals surface area contributed by atoms with Crippen LogP contribution in [-0.4, -0.2) is 30.0 Å². The van der Waals surface area contributed by atoms with Crippen LogP contribution in [0.25, 0.3) is 0 Å². The number of hydrogen-bond acceptors (Lipinski definition) is 4. The van der Waals surface area contributed by atoms with Gasteiger partial charge >= 0.3 is 7.12 Å². The summed E-state index contributed by atoms with van der Waals surface area (Å²) < 4.78 is 5.25. The molecule has 4 nitrogen and oxygen atoms in total. The summed E-state index contributed by atoms with van der Waals surface area (Å²) in [6.45, 7) is 0.466. The summed E-state index contributed by atoms with van der Waals surface area (Å²) >= 11 is 0. The van der Waals surface area contributed by atoms with Gasteiger partial charge in [0.05, 0.1) is 0 Å². The number of hydrogen-bond donors (Lipinski definition) is 2. The molecule has 0 atom stereocenters. The van der Waals surface area contributed by atoms with Gasteiger partial charge in [-0.2, -0.15) is 0 Å². The van der Waals surface area contributed by atoms with Crippen molar-refractivity contribution in [3.63, 3.8) is 0 Å². The van der Waals surface area contributed by atoms with Gasteiger partial charge in [0.15, 0.2) is 0 Å². The lowest BCUT2D eigenvalue weighted by Crippen LogP contribution is -2.29. The minimum atomic E-state index is -1.46. The van der Waals surface area contributed by atoms with Crippen LogP contribution in [0.2, 0.25) is 0 Å². The van der Waals surface area contributed by atoms with E-state index in [9.17, 15) is 0 Å². The molecule has 0 unspecified atom stereocenters. The highest BCUT2D eigenvalue weighted by Gasteiger charge is 2.14.